The lowest BCUT2D eigenvalue weighted by atomic mass is 10.1. The van der Waals surface area contributed by atoms with Gasteiger partial charge >= 0.3 is 5.97 Å². The summed E-state index contributed by atoms with van der Waals surface area (Å²) in [7, 11) is 0. The summed E-state index contributed by atoms with van der Waals surface area (Å²) in [6.07, 6.45) is 3.24. The number of carboxylic acid groups (broad SMARTS) is 1. The number of fused-ring (bicyclic) bond motifs is 1. The Morgan fingerprint density at radius 2 is 1.73 bits per heavy atom. The number of carbonyl (C=O) groups is 2. The molecule has 0 unspecified atom stereocenters. The van der Waals surface area contributed by atoms with Crippen molar-refractivity contribution in [2.24, 2.45) is 0 Å². The van der Waals surface area contributed by atoms with E-state index in [1.165, 1.54) is 23.3 Å². The van der Waals surface area contributed by atoms with Crippen molar-refractivity contribution in [3.05, 3.63) is 64.2 Å². The highest BCUT2D eigenvalue weighted by Gasteiger charge is 2.15. The van der Waals surface area contributed by atoms with Gasteiger partial charge in [0.05, 0.1) is 5.56 Å². The average molecular weight is 295 g/mol. The summed E-state index contributed by atoms with van der Waals surface area (Å²) in [5, 5.41) is 11.9. The molecule has 4 heteroatoms. The van der Waals surface area contributed by atoms with Gasteiger partial charge in [-0.05, 0) is 67.1 Å². The monoisotopic (exact) mass is 295 g/mol. The second-order valence-corrected chi connectivity index (χ2v) is 5.63. The van der Waals surface area contributed by atoms with E-state index in [2.05, 4.69) is 5.32 Å². The van der Waals surface area contributed by atoms with Crippen LogP contribution in [0.3, 0.4) is 0 Å². The number of rotatable bonds is 3. The Labute approximate surface area is 128 Å². The summed E-state index contributed by atoms with van der Waals surface area (Å²) in [5.74, 6) is -1.21. The van der Waals surface area contributed by atoms with Crippen LogP contribution in [0, 0.1) is 6.92 Å². The van der Waals surface area contributed by atoms with Gasteiger partial charge in [0, 0.05) is 11.3 Å². The molecule has 22 heavy (non-hydrogen) atoms. The smallest absolute Gasteiger partial charge is 0.335 e. The Morgan fingerprint density at radius 1 is 1.00 bits per heavy atom. The van der Waals surface area contributed by atoms with Gasteiger partial charge in [0.2, 0.25) is 0 Å². The summed E-state index contributed by atoms with van der Waals surface area (Å²) >= 11 is 0. The van der Waals surface area contributed by atoms with Crippen LogP contribution in [0.15, 0.2) is 36.4 Å². The standard InChI is InChI=1S/C18H17NO3/c1-11-5-6-15(18(21)22)10-16(11)19-17(20)14-8-7-12-3-2-4-13(12)9-14/h5-10H,2-4H2,1H3,(H,19,20)(H,21,22). The zero-order valence-corrected chi connectivity index (χ0v) is 12.3. The van der Waals surface area contributed by atoms with Crippen LogP contribution < -0.4 is 5.32 Å². The number of hydrogen-bond acceptors (Lipinski definition) is 2. The second kappa shape index (κ2) is 5.64. The highest BCUT2D eigenvalue weighted by Crippen LogP contribution is 2.24. The van der Waals surface area contributed by atoms with E-state index in [1.54, 1.807) is 6.07 Å². The third kappa shape index (κ3) is 2.72. The topological polar surface area (TPSA) is 66.4 Å². The highest BCUT2D eigenvalue weighted by molar-refractivity contribution is 6.05. The number of aromatic carboxylic acids is 1. The molecule has 0 saturated heterocycles. The first-order valence-corrected chi connectivity index (χ1v) is 7.32. The molecule has 2 N–H and O–H groups in total. The van der Waals surface area contributed by atoms with Crippen molar-refractivity contribution >= 4 is 17.6 Å². The lowest BCUT2D eigenvalue weighted by molar-refractivity contribution is 0.0696. The molecule has 1 aliphatic carbocycles. The zero-order chi connectivity index (χ0) is 15.7. The third-order valence-corrected chi connectivity index (χ3v) is 4.09. The number of carbonyl (C=O) groups excluding carboxylic acids is 1. The SMILES string of the molecule is Cc1ccc(C(=O)O)cc1NC(=O)c1ccc2c(c1)CCC2. The van der Waals surface area contributed by atoms with E-state index < -0.39 is 5.97 Å². The van der Waals surface area contributed by atoms with E-state index in [-0.39, 0.29) is 11.5 Å². The van der Waals surface area contributed by atoms with E-state index in [0.717, 1.165) is 24.8 Å². The lowest BCUT2D eigenvalue weighted by Gasteiger charge is -2.10. The Hall–Kier alpha value is -2.62. The summed E-state index contributed by atoms with van der Waals surface area (Å²) in [4.78, 5) is 23.4. The van der Waals surface area contributed by atoms with Crippen molar-refractivity contribution < 1.29 is 14.7 Å². The van der Waals surface area contributed by atoms with Gasteiger partial charge in [-0.25, -0.2) is 4.79 Å². The molecular formula is C18H17NO3. The summed E-state index contributed by atoms with van der Waals surface area (Å²) in [6.45, 7) is 1.84. The molecule has 3 rings (SSSR count). The van der Waals surface area contributed by atoms with E-state index in [0.29, 0.717) is 11.3 Å². The summed E-state index contributed by atoms with van der Waals surface area (Å²) < 4.78 is 0. The molecule has 0 spiro atoms. The highest BCUT2D eigenvalue weighted by atomic mass is 16.4. The third-order valence-electron chi connectivity index (χ3n) is 4.09. The first-order chi connectivity index (χ1) is 10.5. The van der Waals surface area contributed by atoms with Crippen molar-refractivity contribution in [3.8, 4) is 0 Å². The molecule has 112 valence electrons. The number of aryl methyl sites for hydroxylation is 3. The normalized spacial score (nSPS) is 12.8. The van der Waals surface area contributed by atoms with Gasteiger partial charge in [0.15, 0.2) is 0 Å². The Balaban J connectivity index is 1.85. The first-order valence-electron chi connectivity index (χ1n) is 7.32. The van der Waals surface area contributed by atoms with Crippen molar-refractivity contribution in [1.82, 2.24) is 0 Å². The molecule has 0 heterocycles. The molecule has 0 fully saturated rings. The first kappa shape index (κ1) is 14.3. The fraction of sp³-hybridized carbons (Fsp3) is 0.222. The van der Waals surface area contributed by atoms with Gasteiger partial charge in [0.25, 0.3) is 5.91 Å². The largest absolute Gasteiger partial charge is 0.478 e. The molecular weight excluding hydrogens is 278 g/mol. The number of nitrogens with one attached hydrogen (secondary N) is 1. The van der Waals surface area contributed by atoms with Crippen LogP contribution in [-0.2, 0) is 12.8 Å². The molecule has 0 aromatic heterocycles. The summed E-state index contributed by atoms with van der Waals surface area (Å²) in [5.41, 5.74) is 4.70. The van der Waals surface area contributed by atoms with Crippen LogP contribution in [-0.4, -0.2) is 17.0 Å². The van der Waals surface area contributed by atoms with Crippen molar-refractivity contribution in [1.29, 1.82) is 0 Å². The van der Waals surface area contributed by atoms with E-state index in [4.69, 9.17) is 5.11 Å². The number of amides is 1. The molecule has 0 bridgehead atoms. The van der Waals surface area contributed by atoms with E-state index in [9.17, 15) is 9.59 Å². The van der Waals surface area contributed by atoms with Crippen molar-refractivity contribution in [2.75, 3.05) is 5.32 Å². The van der Waals surface area contributed by atoms with Crippen LogP contribution in [0.1, 0.15) is 43.8 Å². The van der Waals surface area contributed by atoms with Gasteiger partial charge in [-0.15, -0.1) is 0 Å². The number of hydrogen-bond donors (Lipinski definition) is 2. The zero-order valence-electron chi connectivity index (χ0n) is 12.3. The molecule has 0 radical (unpaired) electrons. The van der Waals surface area contributed by atoms with Gasteiger partial charge in [-0.3, -0.25) is 4.79 Å². The minimum Gasteiger partial charge on any atom is -0.478 e. The molecule has 4 nitrogen and oxygen atoms in total. The van der Waals surface area contributed by atoms with Gasteiger partial charge in [-0.1, -0.05) is 12.1 Å². The Morgan fingerprint density at radius 3 is 2.50 bits per heavy atom. The fourth-order valence-electron chi connectivity index (χ4n) is 2.80. The van der Waals surface area contributed by atoms with Crippen LogP contribution in [0.25, 0.3) is 0 Å². The maximum absolute atomic E-state index is 12.4. The quantitative estimate of drug-likeness (QED) is 0.911. The second-order valence-electron chi connectivity index (χ2n) is 5.63. The van der Waals surface area contributed by atoms with Gasteiger partial charge < -0.3 is 10.4 Å². The summed E-state index contributed by atoms with van der Waals surface area (Å²) in [6, 6.07) is 10.5. The van der Waals surface area contributed by atoms with Crippen molar-refractivity contribution in [2.45, 2.75) is 26.2 Å². The minimum atomic E-state index is -1.01. The van der Waals surface area contributed by atoms with Crippen LogP contribution >= 0.6 is 0 Å². The van der Waals surface area contributed by atoms with Gasteiger partial charge in [0.1, 0.15) is 0 Å². The number of anilines is 1. The predicted molar refractivity (Wildman–Crippen MR) is 84.6 cm³/mol. The number of carboxylic acids is 1. The van der Waals surface area contributed by atoms with Crippen LogP contribution in [0.4, 0.5) is 5.69 Å². The Kier molecular flexibility index (Phi) is 3.67. The molecule has 0 atom stereocenters. The Bertz CT molecular complexity index is 765. The number of benzene rings is 2. The predicted octanol–water partition coefficient (Wildman–Crippen LogP) is 3.43. The average Bonchev–Trinajstić information content (AvgIpc) is 2.96. The van der Waals surface area contributed by atoms with E-state index >= 15 is 0 Å². The molecule has 2 aromatic rings. The van der Waals surface area contributed by atoms with E-state index in [1.807, 2.05) is 25.1 Å². The lowest BCUT2D eigenvalue weighted by Crippen LogP contribution is -2.14. The molecule has 0 aliphatic heterocycles. The van der Waals surface area contributed by atoms with Crippen molar-refractivity contribution in [3.63, 3.8) is 0 Å². The molecule has 0 saturated carbocycles. The fourth-order valence-corrected chi connectivity index (χ4v) is 2.80. The minimum absolute atomic E-state index is 0.162. The van der Waals surface area contributed by atoms with Crippen LogP contribution in [0.5, 0.6) is 0 Å². The van der Waals surface area contributed by atoms with Crippen LogP contribution in [0.2, 0.25) is 0 Å². The molecule has 2 aromatic carbocycles. The maximum atomic E-state index is 12.4. The molecule has 1 amide bonds. The molecule has 1 aliphatic rings. The van der Waals surface area contributed by atoms with Gasteiger partial charge in [-0.2, -0.15) is 0 Å². The maximum Gasteiger partial charge on any atom is 0.335 e.